The number of para-hydroxylation sites is 2. The number of aromatic nitrogens is 2. The number of benzene rings is 2. The highest BCUT2D eigenvalue weighted by molar-refractivity contribution is 5.84. The van der Waals surface area contributed by atoms with E-state index in [1.807, 2.05) is 60.0 Å². The van der Waals surface area contributed by atoms with Gasteiger partial charge < -0.3 is 14.6 Å². The molecule has 0 unspecified atom stereocenters. The van der Waals surface area contributed by atoms with Crippen molar-refractivity contribution in [3.63, 3.8) is 0 Å². The van der Waals surface area contributed by atoms with Gasteiger partial charge in [-0.25, -0.2) is 4.98 Å². The Morgan fingerprint density at radius 3 is 2.61 bits per heavy atom. The van der Waals surface area contributed by atoms with Gasteiger partial charge in [-0.3, -0.25) is 4.79 Å². The molecule has 0 saturated heterocycles. The van der Waals surface area contributed by atoms with Gasteiger partial charge in [0, 0.05) is 12.1 Å². The zero-order valence-corrected chi connectivity index (χ0v) is 13.2. The third-order valence-corrected chi connectivity index (χ3v) is 3.68. The molecule has 3 aromatic rings. The number of ether oxygens (including phenoxy) is 1. The van der Waals surface area contributed by atoms with E-state index in [2.05, 4.69) is 5.32 Å². The molecular weight excluding hydrogens is 290 g/mol. The summed E-state index contributed by atoms with van der Waals surface area (Å²) >= 11 is 0. The number of nitrogens with zero attached hydrogens (tertiary/aromatic N) is 2. The van der Waals surface area contributed by atoms with Crippen molar-refractivity contribution < 1.29 is 9.53 Å². The normalized spacial score (nSPS) is 10.7. The van der Waals surface area contributed by atoms with Gasteiger partial charge in [-0.1, -0.05) is 12.1 Å². The molecule has 23 heavy (non-hydrogen) atoms. The summed E-state index contributed by atoms with van der Waals surface area (Å²) in [5, 5.41) is 2.84. The fourth-order valence-electron chi connectivity index (χ4n) is 2.59. The Hall–Kier alpha value is -2.82. The molecule has 0 aliphatic carbocycles. The predicted octanol–water partition coefficient (Wildman–Crippen LogP) is 2.85. The molecule has 0 radical (unpaired) electrons. The molecule has 0 aliphatic rings. The maximum absolute atomic E-state index is 12.1. The molecule has 0 atom stereocenters. The first-order valence-electron chi connectivity index (χ1n) is 7.59. The fourth-order valence-corrected chi connectivity index (χ4v) is 2.59. The number of carbonyl (C=O) groups is 1. The van der Waals surface area contributed by atoms with E-state index >= 15 is 0 Å². The second kappa shape index (κ2) is 6.52. The van der Waals surface area contributed by atoms with Gasteiger partial charge in [-0.05, 0) is 43.3 Å². The summed E-state index contributed by atoms with van der Waals surface area (Å²) < 4.78 is 7.15. The second-order valence-corrected chi connectivity index (χ2v) is 5.19. The summed E-state index contributed by atoms with van der Waals surface area (Å²) in [5.74, 6) is 1.55. The minimum atomic E-state index is -0.0228. The summed E-state index contributed by atoms with van der Waals surface area (Å²) in [5.41, 5.74) is 2.78. The van der Waals surface area contributed by atoms with Gasteiger partial charge in [0.15, 0.2) is 0 Å². The van der Waals surface area contributed by atoms with E-state index in [1.165, 1.54) is 0 Å². The molecule has 0 saturated carbocycles. The number of imidazole rings is 1. The molecule has 1 aromatic heterocycles. The maximum atomic E-state index is 12.1. The Bertz CT molecular complexity index is 822. The van der Waals surface area contributed by atoms with Crippen molar-refractivity contribution >= 4 is 16.9 Å². The molecule has 0 bridgehead atoms. The lowest BCUT2D eigenvalue weighted by molar-refractivity contribution is -0.121. The first-order chi connectivity index (χ1) is 11.2. The standard InChI is InChI=1S/C18H19N3O2/c1-3-19-17(22)12-21-16-7-5-4-6-15(16)20-18(21)13-8-10-14(23-2)11-9-13/h4-11H,3,12H2,1-2H3,(H,19,22). The highest BCUT2D eigenvalue weighted by atomic mass is 16.5. The van der Waals surface area contributed by atoms with Crippen molar-refractivity contribution in [3.05, 3.63) is 48.5 Å². The van der Waals surface area contributed by atoms with Crippen LogP contribution in [0.3, 0.4) is 0 Å². The monoisotopic (exact) mass is 309 g/mol. The van der Waals surface area contributed by atoms with Crippen molar-refractivity contribution in [1.29, 1.82) is 0 Å². The lowest BCUT2D eigenvalue weighted by Crippen LogP contribution is -2.27. The molecule has 5 nitrogen and oxygen atoms in total. The number of fused-ring (bicyclic) bond motifs is 1. The summed E-state index contributed by atoms with van der Waals surface area (Å²) in [6, 6.07) is 15.5. The molecule has 118 valence electrons. The van der Waals surface area contributed by atoms with E-state index in [0.29, 0.717) is 6.54 Å². The number of nitrogens with one attached hydrogen (secondary N) is 1. The number of rotatable bonds is 5. The van der Waals surface area contributed by atoms with Crippen LogP contribution in [-0.2, 0) is 11.3 Å². The highest BCUT2D eigenvalue weighted by Crippen LogP contribution is 2.26. The largest absolute Gasteiger partial charge is 0.497 e. The second-order valence-electron chi connectivity index (χ2n) is 5.19. The Morgan fingerprint density at radius 1 is 1.17 bits per heavy atom. The Balaban J connectivity index is 2.08. The lowest BCUT2D eigenvalue weighted by atomic mass is 10.2. The van der Waals surface area contributed by atoms with E-state index in [1.54, 1.807) is 7.11 Å². The summed E-state index contributed by atoms with van der Waals surface area (Å²) in [4.78, 5) is 16.8. The molecule has 2 aromatic carbocycles. The molecule has 1 amide bonds. The molecule has 0 fully saturated rings. The van der Waals surface area contributed by atoms with Crippen LogP contribution >= 0.6 is 0 Å². The molecule has 0 spiro atoms. The van der Waals surface area contributed by atoms with E-state index in [0.717, 1.165) is 28.2 Å². The SMILES string of the molecule is CCNC(=O)Cn1c(-c2ccc(OC)cc2)nc2ccccc21. The molecule has 0 aliphatic heterocycles. The third kappa shape index (κ3) is 3.04. The zero-order chi connectivity index (χ0) is 16.2. The van der Waals surface area contributed by atoms with E-state index in [9.17, 15) is 4.79 Å². The molecule has 1 N–H and O–H groups in total. The van der Waals surface area contributed by atoms with Gasteiger partial charge in [0.05, 0.1) is 18.1 Å². The van der Waals surface area contributed by atoms with Crippen molar-refractivity contribution in [3.8, 4) is 17.1 Å². The lowest BCUT2D eigenvalue weighted by Gasteiger charge is -2.09. The van der Waals surface area contributed by atoms with Gasteiger partial charge in [0.1, 0.15) is 18.1 Å². The van der Waals surface area contributed by atoms with Gasteiger partial charge in [-0.15, -0.1) is 0 Å². The quantitative estimate of drug-likeness (QED) is 0.788. The van der Waals surface area contributed by atoms with E-state index < -0.39 is 0 Å². The maximum Gasteiger partial charge on any atom is 0.240 e. The van der Waals surface area contributed by atoms with Gasteiger partial charge in [0.2, 0.25) is 5.91 Å². The number of carbonyl (C=O) groups excluding carboxylic acids is 1. The summed E-state index contributed by atoms with van der Waals surface area (Å²) in [6.45, 7) is 2.77. The van der Waals surface area contributed by atoms with Crippen LogP contribution in [0.4, 0.5) is 0 Å². The number of amides is 1. The third-order valence-electron chi connectivity index (χ3n) is 3.68. The minimum Gasteiger partial charge on any atom is -0.497 e. The van der Waals surface area contributed by atoms with Crippen LogP contribution in [0, 0.1) is 0 Å². The minimum absolute atomic E-state index is 0.0228. The first kappa shape index (κ1) is 15.1. The van der Waals surface area contributed by atoms with E-state index in [-0.39, 0.29) is 12.5 Å². The summed E-state index contributed by atoms with van der Waals surface area (Å²) in [7, 11) is 1.64. The summed E-state index contributed by atoms with van der Waals surface area (Å²) in [6.07, 6.45) is 0. The number of hydrogen-bond donors (Lipinski definition) is 1. The topological polar surface area (TPSA) is 56.2 Å². The fraction of sp³-hybridized carbons (Fsp3) is 0.222. The number of methoxy groups -OCH3 is 1. The smallest absolute Gasteiger partial charge is 0.240 e. The van der Waals surface area contributed by atoms with Crippen LogP contribution in [0.25, 0.3) is 22.4 Å². The van der Waals surface area contributed by atoms with Crippen LogP contribution in [0.5, 0.6) is 5.75 Å². The van der Waals surface area contributed by atoms with Crippen molar-refractivity contribution in [2.45, 2.75) is 13.5 Å². The van der Waals surface area contributed by atoms with Gasteiger partial charge in [0.25, 0.3) is 0 Å². The molecule has 5 heteroatoms. The number of hydrogen-bond acceptors (Lipinski definition) is 3. The van der Waals surface area contributed by atoms with E-state index in [4.69, 9.17) is 9.72 Å². The average Bonchev–Trinajstić information content (AvgIpc) is 2.94. The number of likely N-dealkylation sites (N-methyl/N-ethyl adjacent to an activating group) is 1. The zero-order valence-electron chi connectivity index (χ0n) is 13.2. The molecule has 1 heterocycles. The van der Waals surface area contributed by atoms with Crippen molar-refractivity contribution in [2.75, 3.05) is 13.7 Å². The van der Waals surface area contributed by atoms with Gasteiger partial charge >= 0.3 is 0 Å². The average molecular weight is 309 g/mol. The van der Waals surface area contributed by atoms with Crippen LogP contribution < -0.4 is 10.1 Å². The van der Waals surface area contributed by atoms with Crippen molar-refractivity contribution in [2.24, 2.45) is 0 Å². The van der Waals surface area contributed by atoms with Crippen LogP contribution in [0.2, 0.25) is 0 Å². The molecular formula is C18H19N3O2. The van der Waals surface area contributed by atoms with Crippen LogP contribution in [0.1, 0.15) is 6.92 Å². The highest BCUT2D eigenvalue weighted by Gasteiger charge is 2.14. The Labute approximate surface area is 134 Å². The predicted molar refractivity (Wildman–Crippen MR) is 90.4 cm³/mol. The Kier molecular flexibility index (Phi) is 4.28. The van der Waals surface area contributed by atoms with Crippen LogP contribution in [-0.4, -0.2) is 29.1 Å². The van der Waals surface area contributed by atoms with Crippen molar-refractivity contribution in [1.82, 2.24) is 14.9 Å². The first-order valence-corrected chi connectivity index (χ1v) is 7.59. The van der Waals surface area contributed by atoms with Gasteiger partial charge in [-0.2, -0.15) is 0 Å². The Morgan fingerprint density at radius 2 is 1.91 bits per heavy atom. The molecule has 3 rings (SSSR count). The van der Waals surface area contributed by atoms with Crippen LogP contribution in [0.15, 0.2) is 48.5 Å².